The van der Waals surface area contributed by atoms with Crippen molar-refractivity contribution in [2.24, 2.45) is 5.92 Å². The molecule has 0 heterocycles. The minimum atomic E-state index is 0.448. The van der Waals surface area contributed by atoms with E-state index in [0.717, 1.165) is 31.4 Å². The van der Waals surface area contributed by atoms with Crippen molar-refractivity contribution in [3.05, 3.63) is 29.3 Å². The molecular weight excluding hydrogens is 238 g/mol. The number of fused-ring (bicyclic) bond motifs is 2. The molecule has 0 amide bonds. The lowest BCUT2D eigenvalue weighted by Crippen LogP contribution is -2.24. The first-order valence-electron chi connectivity index (χ1n) is 7.17. The fraction of sp³-hybridized carbons (Fsp3) is 0.625. The fourth-order valence-corrected chi connectivity index (χ4v) is 3.59. The van der Waals surface area contributed by atoms with Crippen LogP contribution in [0.1, 0.15) is 24.0 Å². The third-order valence-electron chi connectivity index (χ3n) is 4.80. The molecule has 0 saturated heterocycles. The van der Waals surface area contributed by atoms with E-state index in [-0.39, 0.29) is 0 Å². The summed E-state index contributed by atoms with van der Waals surface area (Å²) in [7, 11) is 3.50. The number of rotatable bonds is 6. The van der Waals surface area contributed by atoms with Crippen molar-refractivity contribution in [2.45, 2.75) is 24.7 Å². The third-order valence-corrected chi connectivity index (χ3v) is 4.80. The van der Waals surface area contributed by atoms with Gasteiger partial charge in [0, 0.05) is 19.1 Å². The first kappa shape index (κ1) is 12.9. The molecule has 2 unspecified atom stereocenters. The first-order valence-corrected chi connectivity index (χ1v) is 7.17. The van der Waals surface area contributed by atoms with Crippen molar-refractivity contribution in [1.82, 2.24) is 5.32 Å². The Balaban J connectivity index is 1.66. The summed E-state index contributed by atoms with van der Waals surface area (Å²) in [5.74, 6) is 1.79. The largest absolute Gasteiger partial charge is 0.497 e. The van der Waals surface area contributed by atoms with Crippen LogP contribution in [0.4, 0.5) is 0 Å². The first-order chi connectivity index (χ1) is 9.30. The standard InChI is InChI=1S/C16H23NO2/c1-18-8-7-17-11-13-10-16(13)6-5-12-3-4-14(19-2)9-15(12)16/h3-4,9,13,17H,5-8,10-11H2,1-2H3. The van der Waals surface area contributed by atoms with E-state index in [4.69, 9.17) is 9.47 Å². The summed E-state index contributed by atoms with van der Waals surface area (Å²) >= 11 is 0. The predicted octanol–water partition coefficient (Wildman–Crippen LogP) is 2.14. The minimum absolute atomic E-state index is 0.448. The van der Waals surface area contributed by atoms with E-state index >= 15 is 0 Å². The van der Waals surface area contributed by atoms with Crippen LogP contribution in [0.15, 0.2) is 18.2 Å². The van der Waals surface area contributed by atoms with Gasteiger partial charge in [-0.2, -0.15) is 0 Å². The molecule has 1 N–H and O–H groups in total. The second kappa shape index (κ2) is 5.14. The number of ether oxygens (including phenoxy) is 2. The van der Waals surface area contributed by atoms with E-state index in [2.05, 4.69) is 23.5 Å². The zero-order valence-electron chi connectivity index (χ0n) is 11.9. The second-order valence-corrected chi connectivity index (χ2v) is 5.78. The van der Waals surface area contributed by atoms with E-state index < -0.39 is 0 Å². The van der Waals surface area contributed by atoms with Crippen LogP contribution in [0.5, 0.6) is 5.75 Å². The van der Waals surface area contributed by atoms with Crippen LogP contribution in [-0.2, 0) is 16.6 Å². The number of nitrogens with one attached hydrogen (secondary N) is 1. The van der Waals surface area contributed by atoms with Crippen molar-refractivity contribution in [3.63, 3.8) is 0 Å². The van der Waals surface area contributed by atoms with Crippen LogP contribution in [0.3, 0.4) is 0 Å². The summed E-state index contributed by atoms with van der Waals surface area (Å²) in [5.41, 5.74) is 3.52. The lowest BCUT2D eigenvalue weighted by molar-refractivity contribution is 0.199. The molecule has 0 radical (unpaired) electrons. The quantitative estimate of drug-likeness (QED) is 0.796. The summed E-state index contributed by atoms with van der Waals surface area (Å²) in [5, 5.41) is 3.50. The maximum atomic E-state index is 5.38. The zero-order chi connectivity index (χ0) is 13.3. The molecule has 2 atom stereocenters. The van der Waals surface area contributed by atoms with Gasteiger partial charge in [0.15, 0.2) is 0 Å². The molecule has 0 aromatic heterocycles. The van der Waals surface area contributed by atoms with Crippen LogP contribution in [0.2, 0.25) is 0 Å². The Kier molecular flexibility index (Phi) is 3.50. The van der Waals surface area contributed by atoms with Crippen LogP contribution < -0.4 is 10.1 Å². The summed E-state index contributed by atoms with van der Waals surface area (Å²) < 4.78 is 10.4. The Bertz CT molecular complexity index is 460. The van der Waals surface area contributed by atoms with Crippen molar-refractivity contribution >= 4 is 0 Å². The highest BCUT2D eigenvalue weighted by Gasteiger charge is 2.57. The van der Waals surface area contributed by atoms with Crippen LogP contribution in [0, 0.1) is 5.92 Å². The molecule has 1 fully saturated rings. The molecule has 1 aromatic carbocycles. The van der Waals surface area contributed by atoms with Crippen LogP contribution >= 0.6 is 0 Å². The van der Waals surface area contributed by atoms with E-state index in [9.17, 15) is 0 Å². The Morgan fingerprint density at radius 3 is 3.05 bits per heavy atom. The molecular formula is C16H23NO2. The molecule has 1 aromatic rings. The Morgan fingerprint density at radius 2 is 2.26 bits per heavy atom. The molecule has 0 bridgehead atoms. The highest BCUT2D eigenvalue weighted by molar-refractivity contribution is 5.48. The molecule has 19 heavy (non-hydrogen) atoms. The lowest BCUT2D eigenvalue weighted by atomic mass is 9.95. The van der Waals surface area contributed by atoms with Crippen LogP contribution in [0.25, 0.3) is 0 Å². The maximum absolute atomic E-state index is 5.38. The van der Waals surface area contributed by atoms with Crippen molar-refractivity contribution in [3.8, 4) is 5.75 Å². The van der Waals surface area contributed by atoms with Crippen LogP contribution in [-0.4, -0.2) is 33.9 Å². The Hall–Kier alpha value is -1.06. The smallest absolute Gasteiger partial charge is 0.119 e. The number of benzene rings is 1. The monoisotopic (exact) mass is 261 g/mol. The van der Waals surface area contributed by atoms with Gasteiger partial charge in [-0.3, -0.25) is 0 Å². The molecule has 1 saturated carbocycles. The molecule has 3 heteroatoms. The molecule has 2 aliphatic carbocycles. The summed E-state index contributed by atoms with van der Waals surface area (Å²) in [6.07, 6.45) is 3.87. The molecule has 1 spiro atoms. The van der Waals surface area contributed by atoms with Gasteiger partial charge in [-0.1, -0.05) is 6.07 Å². The number of hydrogen-bond acceptors (Lipinski definition) is 3. The van der Waals surface area contributed by atoms with Crippen molar-refractivity contribution in [2.75, 3.05) is 33.9 Å². The number of hydrogen-bond donors (Lipinski definition) is 1. The molecule has 2 aliphatic rings. The summed E-state index contributed by atoms with van der Waals surface area (Å²) in [6, 6.07) is 6.60. The summed E-state index contributed by atoms with van der Waals surface area (Å²) in [4.78, 5) is 0. The van der Waals surface area contributed by atoms with E-state index in [1.54, 1.807) is 19.8 Å². The highest BCUT2D eigenvalue weighted by atomic mass is 16.5. The Morgan fingerprint density at radius 1 is 1.37 bits per heavy atom. The topological polar surface area (TPSA) is 30.5 Å². The fourth-order valence-electron chi connectivity index (χ4n) is 3.59. The van der Waals surface area contributed by atoms with E-state index in [1.165, 1.54) is 24.8 Å². The molecule has 3 rings (SSSR count). The average molecular weight is 261 g/mol. The van der Waals surface area contributed by atoms with Gasteiger partial charge in [-0.25, -0.2) is 0 Å². The average Bonchev–Trinajstić information content (AvgIpc) is 3.03. The summed E-state index contributed by atoms with van der Waals surface area (Å²) in [6.45, 7) is 2.86. The van der Waals surface area contributed by atoms with Gasteiger partial charge in [0.25, 0.3) is 0 Å². The number of methoxy groups -OCH3 is 2. The van der Waals surface area contributed by atoms with E-state index in [0.29, 0.717) is 5.41 Å². The zero-order valence-corrected chi connectivity index (χ0v) is 11.9. The molecule has 3 nitrogen and oxygen atoms in total. The van der Waals surface area contributed by atoms with Gasteiger partial charge >= 0.3 is 0 Å². The minimum Gasteiger partial charge on any atom is -0.497 e. The van der Waals surface area contributed by atoms with Crippen molar-refractivity contribution < 1.29 is 9.47 Å². The van der Waals surface area contributed by atoms with Gasteiger partial charge in [-0.15, -0.1) is 0 Å². The van der Waals surface area contributed by atoms with Crippen molar-refractivity contribution in [1.29, 1.82) is 0 Å². The van der Waals surface area contributed by atoms with Gasteiger partial charge in [-0.05, 0) is 55.0 Å². The Labute approximate surface area is 115 Å². The third kappa shape index (κ3) is 2.26. The highest BCUT2D eigenvalue weighted by Crippen LogP contribution is 2.61. The van der Waals surface area contributed by atoms with Gasteiger partial charge in [0.2, 0.25) is 0 Å². The second-order valence-electron chi connectivity index (χ2n) is 5.78. The van der Waals surface area contributed by atoms with E-state index in [1.807, 2.05) is 0 Å². The predicted molar refractivity (Wildman–Crippen MR) is 75.8 cm³/mol. The van der Waals surface area contributed by atoms with Gasteiger partial charge in [0.05, 0.1) is 13.7 Å². The van der Waals surface area contributed by atoms with Gasteiger partial charge in [0.1, 0.15) is 5.75 Å². The normalized spacial score (nSPS) is 27.6. The maximum Gasteiger partial charge on any atom is 0.119 e. The lowest BCUT2D eigenvalue weighted by Gasteiger charge is -2.13. The van der Waals surface area contributed by atoms with Gasteiger partial charge < -0.3 is 14.8 Å². The molecule has 0 aliphatic heterocycles. The molecule has 104 valence electrons. The number of aryl methyl sites for hydroxylation is 1. The SMILES string of the molecule is COCCNCC1CC12CCc1ccc(OC)cc12.